The molecule has 7 heteroatoms. The van der Waals surface area contributed by atoms with Crippen molar-refractivity contribution >= 4 is 33.3 Å². The normalized spacial score (nSPS) is 11.0. The van der Waals surface area contributed by atoms with Gasteiger partial charge in [-0.15, -0.1) is 0 Å². The van der Waals surface area contributed by atoms with Crippen molar-refractivity contribution in [1.82, 2.24) is 4.57 Å². The number of nitrogens with one attached hydrogen (secondary N) is 1. The summed E-state index contributed by atoms with van der Waals surface area (Å²) < 4.78 is 20.3. The van der Waals surface area contributed by atoms with Crippen LogP contribution in [0.15, 0.2) is 16.9 Å². The average Bonchev–Trinajstić information content (AvgIpc) is 2.64. The number of nitrogens with zero attached hydrogens (tertiary/aromatic N) is 1. The van der Waals surface area contributed by atoms with Gasteiger partial charge in [-0.1, -0.05) is 11.3 Å². The fourth-order valence-electron chi connectivity index (χ4n) is 1.80. The van der Waals surface area contributed by atoms with Crippen molar-refractivity contribution in [3.8, 4) is 0 Å². The zero-order valence-electron chi connectivity index (χ0n) is 10.7. The monoisotopic (exact) mass is 284 g/mol. The van der Waals surface area contributed by atoms with Crippen LogP contribution in [0.25, 0.3) is 10.2 Å². The number of thiazole rings is 1. The van der Waals surface area contributed by atoms with E-state index in [1.165, 1.54) is 19.2 Å². The highest BCUT2D eigenvalue weighted by atomic mass is 32.1. The summed E-state index contributed by atoms with van der Waals surface area (Å²) in [5.74, 6) is -0.602. The van der Waals surface area contributed by atoms with Crippen LogP contribution in [0.4, 0.5) is 14.9 Å². The van der Waals surface area contributed by atoms with E-state index in [1.54, 1.807) is 4.57 Å². The molecule has 5 nitrogen and oxygen atoms in total. The van der Waals surface area contributed by atoms with Crippen molar-refractivity contribution in [2.75, 3.05) is 12.4 Å². The van der Waals surface area contributed by atoms with E-state index >= 15 is 0 Å². The van der Waals surface area contributed by atoms with Gasteiger partial charge in [-0.05, 0) is 26.0 Å². The van der Waals surface area contributed by atoms with E-state index in [1.807, 2.05) is 13.8 Å². The molecule has 0 saturated heterocycles. The molecule has 0 aliphatic carbocycles. The molecule has 0 atom stereocenters. The number of carbonyl (C=O) groups excluding carboxylic acids is 1. The number of halogens is 1. The third-order valence-corrected chi connectivity index (χ3v) is 3.56. The summed E-state index contributed by atoms with van der Waals surface area (Å²) in [6.45, 7) is 3.73. The second kappa shape index (κ2) is 5.00. The van der Waals surface area contributed by atoms with E-state index in [4.69, 9.17) is 0 Å². The van der Waals surface area contributed by atoms with Gasteiger partial charge in [0.2, 0.25) is 0 Å². The van der Waals surface area contributed by atoms with Gasteiger partial charge in [0.1, 0.15) is 5.82 Å². The second-order valence-corrected chi connectivity index (χ2v) is 5.24. The minimum Gasteiger partial charge on any atom is -0.453 e. The van der Waals surface area contributed by atoms with E-state index in [9.17, 15) is 14.0 Å². The number of aromatic nitrogens is 1. The average molecular weight is 284 g/mol. The smallest absolute Gasteiger partial charge is 0.411 e. The number of benzene rings is 1. The van der Waals surface area contributed by atoms with E-state index in [0.29, 0.717) is 10.2 Å². The Morgan fingerprint density at radius 2 is 2.16 bits per heavy atom. The van der Waals surface area contributed by atoms with Crippen molar-refractivity contribution in [2.45, 2.75) is 19.9 Å². The Labute approximate surface area is 112 Å². The summed E-state index contributed by atoms with van der Waals surface area (Å²) in [6, 6.07) is 2.64. The van der Waals surface area contributed by atoms with Crippen LogP contribution in [-0.4, -0.2) is 17.8 Å². The minimum absolute atomic E-state index is 0.00782. The molecule has 0 bridgehead atoms. The number of ether oxygens (including phenoxy) is 1. The topological polar surface area (TPSA) is 60.3 Å². The van der Waals surface area contributed by atoms with Gasteiger partial charge in [0.15, 0.2) is 0 Å². The number of methoxy groups -OCH3 is 1. The first-order valence-corrected chi connectivity index (χ1v) is 6.45. The SMILES string of the molecule is COC(=O)Nc1cc2c(cc1F)sc(=O)n2C(C)C. The van der Waals surface area contributed by atoms with E-state index < -0.39 is 11.9 Å². The molecule has 1 heterocycles. The first-order chi connectivity index (χ1) is 8.93. The minimum atomic E-state index is -0.757. The highest BCUT2D eigenvalue weighted by molar-refractivity contribution is 7.16. The third kappa shape index (κ3) is 2.46. The molecule has 0 fully saturated rings. The Morgan fingerprint density at radius 1 is 1.47 bits per heavy atom. The lowest BCUT2D eigenvalue weighted by Gasteiger charge is -2.09. The summed E-state index contributed by atoms with van der Waals surface area (Å²) in [5.41, 5.74) is 0.587. The Kier molecular flexibility index (Phi) is 3.57. The van der Waals surface area contributed by atoms with E-state index in [-0.39, 0.29) is 16.6 Å². The molecule has 1 aromatic heterocycles. The van der Waals surface area contributed by atoms with E-state index in [0.717, 1.165) is 11.3 Å². The Morgan fingerprint density at radius 3 is 2.74 bits per heavy atom. The number of carbonyl (C=O) groups is 1. The quantitative estimate of drug-likeness (QED) is 0.922. The maximum Gasteiger partial charge on any atom is 0.411 e. The van der Waals surface area contributed by atoms with Crippen molar-refractivity contribution in [1.29, 1.82) is 0 Å². The molecule has 1 amide bonds. The largest absolute Gasteiger partial charge is 0.453 e. The van der Waals surface area contributed by atoms with Gasteiger partial charge in [-0.2, -0.15) is 0 Å². The van der Waals surface area contributed by atoms with Crippen LogP contribution in [0.2, 0.25) is 0 Å². The maximum atomic E-state index is 13.8. The molecular weight excluding hydrogens is 271 g/mol. The summed E-state index contributed by atoms with van der Waals surface area (Å²) in [7, 11) is 1.19. The molecular formula is C12H13FN2O3S. The summed E-state index contributed by atoms with van der Waals surface area (Å²) >= 11 is 0.978. The highest BCUT2D eigenvalue weighted by Crippen LogP contribution is 2.26. The standard InChI is InChI=1S/C12H13FN2O3S/c1-6(2)15-9-5-8(14-11(16)18-3)7(13)4-10(9)19-12(15)17/h4-6H,1-3H3,(H,14,16). The molecule has 1 N–H and O–H groups in total. The summed E-state index contributed by atoms with van der Waals surface area (Å²) in [5, 5.41) is 2.28. The van der Waals surface area contributed by atoms with Crippen molar-refractivity contribution < 1.29 is 13.9 Å². The van der Waals surface area contributed by atoms with Crippen LogP contribution in [0, 0.1) is 5.82 Å². The third-order valence-electron chi connectivity index (χ3n) is 2.64. The number of anilines is 1. The van der Waals surface area contributed by atoms with Gasteiger partial charge in [-0.25, -0.2) is 9.18 Å². The van der Waals surface area contributed by atoms with Crippen LogP contribution in [0.1, 0.15) is 19.9 Å². The number of hydrogen-bond acceptors (Lipinski definition) is 4. The predicted octanol–water partition coefficient (Wildman–Crippen LogP) is 2.96. The first-order valence-electron chi connectivity index (χ1n) is 5.63. The van der Waals surface area contributed by atoms with Gasteiger partial charge in [0.25, 0.3) is 0 Å². The van der Waals surface area contributed by atoms with Crippen LogP contribution >= 0.6 is 11.3 Å². The van der Waals surface area contributed by atoms with Crippen molar-refractivity contribution in [3.05, 3.63) is 27.6 Å². The Hall–Kier alpha value is -1.89. The molecule has 0 saturated carbocycles. The van der Waals surface area contributed by atoms with Crippen molar-refractivity contribution in [3.63, 3.8) is 0 Å². The zero-order valence-corrected chi connectivity index (χ0v) is 11.5. The zero-order chi connectivity index (χ0) is 14.2. The van der Waals surface area contributed by atoms with Crippen LogP contribution in [0.3, 0.4) is 0 Å². The molecule has 2 aromatic rings. The Bertz CT molecular complexity index is 690. The van der Waals surface area contributed by atoms with Gasteiger partial charge in [0.05, 0.1) is 23.0 Å². The van der Waals surface area contributed by atoms with Gasteiger partial charge >= 0.3 is 11.0 Å². The highest BCUT2D eigenvalue weighted by Gasteiger charge is 2.15. The molecule has 0 radical (unpaired) electrons. The molecule has 0 aliphatic rings. The van der Waals surface area contributed by atoms with Crippen LogP contribution in [0.5, 0.6) is 0 Å². The predicted molar refractivity (Wildman–Crippen MR) is 72.5 cm³/mol. The molecule has 0 spiro atoms. The van der Waals surface area contributed by atoms with Crippen molar-refractivity contribution in [2.24, 2.45) is 0 Å². The summed E-state index contributed by atoms with van der Waals surface area (Å²) in [4.78, 5) is 22.8. The Balaban J connectivity index is 2.62. The lowest BCUT2D eigenvalue weighted by molar-refractivity contribution is 0.187. The molecule has 19 heavy (non-hydrogen) atoms. The number of rotatable bonds is 2. The molecule has 2 rings (SSSR count). The second-order valence-electron chi connectivity index (χ2n) is 4.25. The number of amides is 1. The fourth-order valence-corrected chi connectivity index (χ4v) is 2.82. The maximum absolute atomic E-state index is 13.8. The number of hydrogen-bond donors (Lipinski definition) is 1. The van der Waals surface area contributed by atoms with Crippen LogP contribution < -0.4 is 10.2 Å². The molecule has 0 aliphatic heterocycles. The van der Waals surface area contributed by atoms with Gasteiger partial charge < -0.3 is 4.74 Å². The van der Waals surface area contributed by atoms with Gasteiger partial charge in [-0.3, -0.25) is 14.7 Å². The lowest BCUT2D eigenvalue weighted by Crippen LogP contribution is -2.15. The molecule has 0 unspecified atom stereocenters. The van der Waals surface area contributed by atoms with Crippen LogP contribution in [-0.2, 0) is 4.74 Å². The van der Waals surface area contributed by atoms with E-state index in [2.05, 4.69) is 10.1 Å². The summed E-state index contributed by atoms with van der Waals surface area (Å²) in [6.07, 6.45) is -0.757. The van der Waals surface area contributed by atoms with Gasteiger partial charge in [0, 0.05) is 6.04 Å². The first kappa shape index (κ1) is 13.5. The number of fused-ring (bicyclic) bond motifs is 1. The molecule has 1 aromatic carbocycles. The molecule has 102 valence electrons. The lowest BCUT2D eigenvalue weighted by atomic mass is 10.2. The fraction of sp³-hybridized carbons (Fsp3) is 0.333.